The number of hydrogen-bond acceptors (Lipinski definition) is 2. The summed E-state index contributed by atoms with van der Waals surface area (Å²) in [6.07, 6.45) is 13.0. The molecule has 1 spiro atoms. The van der Waals surface area contributed by atoms with Gasteiger partial charge in [0.2, 0.25) is 0 Å². The van der Waals surface area contributed by atoms with E-state index in [2.05, 4.69) is 39.8 Å². The van der Waals surface area contributed by atoms with Gasteiger partial charge < -0.3 is 10.2 Å². The summed E-state index contributed by atoms with van der Waals surface area (Å²) >= 11 is 2.20. The molecule has 0 atom stereocenters. The summed E-state index contributed by atoms with van der Waals surface area (Å²) in [4.78, 5) is 7.14. The number of rotatable bonds is 3. The fourth-order valence-corrected chi connectivity index (χ4v) is 4.75. The lowest BCUT2D eigenvalue weighted by Crippen LogP contribution is -2.53. The lowest BCUT2D eigenvalue weighted by atomic mass is 9.87. The van der Waals surface area contributed by atoms with Crippen molar-refractivity contribution in [1.82, 2.24) is 10.2 Å². The van der Waals surface area contributed by atoms with Crippen molar-refractivity contribution in [3.63, 3.8) is 0 Å². The molecule has 4 heteroatoms. The van der Waals surface area contributed by atoms with E-state index in [4.69, 9.17) is 6.42 Å². The molecule has 3 nitrogen and oxygen atoms in total. The molecule has 1 saturated heterocycles. The Morgan fingerprint density at radius 2 is 2.20 bits per heavy atom. The Hall–Kier alpha value is -0.820. The van der Waals surface area contributed by atoms with Crippen LogP contribution in [0.4, 0.5) is 0 Å². The van der Waals surface area contributed by atoms with Crippen LogP contribution in [0.1, 0.15) is 45.4 Å². The molecule has 1 heterocycles. The zero-order valence-electron chi connectivity index (χ0n) is 12.7. The van der Waals surface area contributed by atoms with E-state index in [-0.39, 0.29) is 0 Å². The van der Waals surface area contributed by atoms with Gasteiger partial charge in [0, 0.05) is 36.6 Å². The second kappa shape index (κ2) is 7.83. The molecule has 112 valence electrons. The van der Waals surface area contributed by atoms with Gasteiger partial charge in [-0.2, -0.15) is 11.8 Å². The SMILES string of the molecule is C#CCCN=C(NCC)N1CCSC2(CCCCC2)C1. The fraction of sp³-hybridized carbons (Fsp3) is 0.812. The average Bonchev–Trinajstić information content (AvgIpc) is 2.47. The molecule has 2 aliphatic rings. The number of nitrogens with one attached hydrogen (secondary N) is 1. The quantitative estimate of drug-likeness (QED) is 0.375. The molecule has 0 radical (unpaired) electrons. The van der Waals surface area contributed by atoms with Crippen LogP contribution in [0.2, 0.25) is 0 Å². The van der Waals surface area contributed by atoms with E-state index in [0.717, 1.165) is 38.6 Å². The highest BCUT2D eigenvalue weighted by Gasteiger charge is 2.38. The number of aliphatic imine (C=N–C) groups is 1. The summed E-state index contributed by atoms with van der Waals surface area (Å²) in [5.41, 5.74) is 0. The molecule has 0 bridgehead atoms. The molecule has 2 fully saturated rings. The van der Waals surface area contributed by atoms with Crippen LogP contribution in [-0.4, -0.2) is 47.5 Å². The zero-order valence-corrected chi connectivity index (χ0v) is 13.5. The van der Waals surface area contributed by atoms with E-state index in [1.165, 1.54) is 37.9 Å². The van der Waals surface area contributed by atoms with Gasteiger partial charge >= 0.3 is 0 Å². The first kappa shape index (κ1) is 15.6. The van der Waals surface area contributed by atoms with E-state index in [0.29, 0.717) is 4.75 Å². The molecule has 0 aromatic carbocycles. The highest BCUT2D eigenvalue weighted by atomic mass is 32.2. The van der Waals surface area contributed by atoms with Gasteiger partial charge in [0.15, 0.2) is 5.96 Å². The molecule has 2 rings (SSSR count). The molecule has 0 unspecified atom stereocenters. The standard InChI is InChI=1S/C16H27N3S/c1-3-5-11-18-15(17-4-2)19-12-13-20-16(14-19)9-7-6-8-10-16/h1H,4-14H2,2H3,(H,17,18). The Morgan fingerprint density at radius 1 is 1.40 bits per heavy atom. The van der Waals surface area contributed by atoms with Crippen LogP contribution in [-0.2, 0) is 0 Å². The van der Waals surface area contributed by atoms with Crippen LogP contribution >= 0.6 is 11.8 Å². The van der Waals surface area contributed by atoms with Gasteiger partial charge in [-0.25, -0.2) is 0 Å². The third-order valence-corrected chi connectivity index (χ3v) is 5.70. The van der Waals surface area contributed by atoms with Gasteiger partial charge in [-0.05, 0) is 19.8 Å². The minimum Gasteiger partial charge on any atom is -0.357 e. The molecular weight excluding hydrogens is 266 g/mol. The molecule has 1 aliphatic carbocycles. The first-order valence-electron chi connectivity index (χ1n) is 7.90. The van der Waals surface area contributed by atoms with E-state index in [9.17, 15) is 0 Å². The maximum Gasteiger partial charge on any atom is 0.194 e. The third kappa shape index (κ3) is 4.09. The number of nitrogens with zero attached hydrogens (tertiary/aromatic N) is 2. The van der Waals surface area contributed by atoms with E-state index >= 15 is 0 Å². The molecule has 0 aromatic heterocycles. The Kier molecular flexibility index (Phi) is 6.09. The second-order valence-electron chi connectivity index (χ2n) is 5.70. The van der Waals surface area contributed by atoms with Crippen molar-refractivity contribution in [2.75, 3.05) is 31.9 Å². The second-order valence-corrected chi connectivity index (χ2v) is 7.27. The van der Waals surface area contributed by atoms with Crippen molar-refractivity contribution in [3.05, 3.63) is 0 Å². The first-order valence-corrected chi connectivity index (χ1v) is 8.89. The number of guanidine groups is 1. The Bertz CT molecular complexity index is 361. The first-order chi connectivity index (χ1) is 9.79. The minimum absolute atomic E-state index is 0.485. The minimum atomic E-state index is 0.485. The fourth-order valence-electron chi connectivity index (χ4n) is 3.18. The Labute approximate surface area is 128 Å². The van der Waals surface area contributed by atoms with Crippen molar-refractivity contribution in [2.24, 2.45) is 4.99 Å². The van der Waals surface area contributed by atoms with Crippen LogP contribution in [0.15, 0.2) is 4.99 Å². The van der Waals surface area contributed by atoms with Crippen molar-refractivity contribution < 1.29 is 0 Å². The van der Waals surface area contributed by atoms with Gasteiger partial charge in [0.05, 0.1) is 6.54 Å². The van der Waals surface area contributed by atoms with Crippen molar-refractivity contribution in [1.29, 1.82) is 0 Å². The predicted molar refractivity (Wildman–Crippen MR) is 89.3 cm³/mol. The molecule has 0 amide bonds. The van der Waals surface area contributed by atoms with E-state index in [1.807, 2.05) is 0 Å². The highest BCUT2D eigenvalue weighted by Crippen LogP contribution is 2.42. The highest BCUT2D eigenvalue weighted by molar-refractivity contribution is 8.00. The van der Waals surface area contributed by atoms with E-state index in [1.54, 1.807) is 0 Å². The van der Waals surface area contributed by atoms with Gasteiger partial charge in [-0.3, -0.25) is 4.99 Å². The third-order valence-electron chi connectivity index (χ3n) is 4.17. The largest absolute Gasteiger partial charge is 0.357 e. The molecule has 20 heavy (non-hydrogen) atoms. The van der Waals surface area contributed by atoms with Gasteiger partial charge in [-0.1, -0.05) is 19.3 Å². The van der Waals surface area contributed by atoms with Crippen molar-refractivity contribution >= 4 is 17.7 Å². The van der Waals surface area contributed by atoms with Crippen LogP contribution in [0, 0.1) is 12.3 Å². The summed E-state index contributed by atoms with van der Waals surface area (Å²) in [6.45, 7) is 6.04. The number of hydrogen-bond donors (Lipinski definition) is 1. The maximum atomic E-state index is 5.32. The lowest BCUT2D eigenvalue weighted by Gasteiger charge is -2.45. The number of terminal acetylenes is 1. The van der Waals surface area contributed by atoms with Gasteiger partial charge in [-0.15, -0.1) is 12.3 Å². The molecule has 1 aliphatic heterocycles. The molecule has 0 aromatic rings. The number of thioether (sulfide) groups is 1. The summed E-state index contributed by atoms with van der Waals surface area (Å²) in [5.74, 6) is 4.95. The van der Waals surface area contributed by atoms with E-state index < -0.39 is 0 Å². The van der Waals surface area contributed by atoms with Gasteiger partial charge in [0.25, 0.3) is 0 Å². The summed E-state index contributed by atoms with van der Waals surface area (Å²) in [6, 6.07) is 0. The average molecular weight is 293 g/mol. The summed E-state index contributed by atoms with van der Waals surface area (Å²) < 4.78 is 0.485. The topological polar surface area (TPSA) is 27.6 Å². The van der Waals surface area contributed by atoms with Crippen LogP contribution in [0.5, 0.6) is 0 Å². The summed E-state index contributed by atoms with van der Waals surface area (Å²) in [7, 11) is 0. The van der Waals surface area contributed by atoms with Crippen LogP contribution in [0.25, 0.3) is 0 Å². The molecule has 1 saturated carbocycles. The zero-order chi connectivity index (χ0) is 14.3. The van der Waals surface area contributed by atoms with Crippen molar-refractivity contribution in [3.8, 4) is 12.3 Å². The Balaban J connectivity index is 2.00. The Morgan fingerprint density at radius 3 is 2.90 bits per heavy atom. The predicted octanol–water partition coefficient (Wildman–Crippen LogP) is 2.73. The monoisotopic (exact) mass is 293 g/mol. The smallest absolute Gasteiger partial charge is 0.194 e. The summed E-state index contributed by atoms with van der Waals surface area (Å²) in [5, 5.41) is 3.43. The molecular formula is C16H27N3S. The van der Waals surface area contributed by atoms with Gasteiger partial charge in [0.1, 0.15) is 0 Å². The molecule has 1 N–H and O–H groups in total. The maximum absolute atomic E-state index is 5.32. The van der Waals surface area contributed by atoms with Crippen LogP contribution < -0.4 is 5.32 Å². The van der Waals surface area contributed by atoms with Crippen LogP contribution in [0.3, 0.4) is 0 Å². The normalized spacial score (nSPS) is 22.6. The van der Waals surface area contributed by atoms with Crippen molar-refractivity contribution in [2.45, 2.75) is 50.2 Å². The lowest BCUT2D eigenvalue weighted by molar-refractivity contribution is 0.293.